The predicted octanol–water partition coefficient (Wildman–Crippen LogP) is 3.63. The number of rotatable bonds is 3. The van der Waals surface area contributed by atoms with E-state index in [4.69, 9.17) is 16.3 Å². The Kier molecular flexibility index (Phi) is 5.10. The summed E-state index contributed by atoms with van der Waals surface area (Å²) in [6.45, 7) is 5.22. The second-order valence-corrected chi connectivity index (χ2v) is 6.36. The van der Waals surface area contributed by atoms with E-state index in [0.29, 0.717) is 41.6 Å². The van der Waals surface area contributed by atoms with Gasteiger partial charge in [-0.15, -0.1) is 5.92 Å². The first-order valence-corrected chi connectivity index (χ1v) is 8.88. The minimum Gasteiger partial charge on any atom is -0.493 e. The quantitative estimate of drug-likeness (QED) is 0.850. The molecule has 0 radical (unpaired) electrons. The zero-order valence-electron chi connectivity index (χ0n) is 14.4. The molecule has 1 N–H and O–H groups in total. The number of aromatic nitrogens is 2. The zero-order chi connectivity index (χ0) is 18.0. The van der Waals surface area contributed by atoms with Crippen LogP contribution >= 0.6 is 11.6 Å². The fourth-order valence-corrected chi connectivity index (χ4v) is 3.56. The van der Waals surface area contributed by atoms with Crippen LogP contribution in [0.1, 0.15) is 38.7 Å². The number of hydrogen-bond acceptors (Lipinski definition) is 3. The van der Waals surface area contributed by atoms with Crippen molar-refractivity contribution >= 4 is 11.6 Å². The summed E-state index contributed by atoms with van der Waals surface area (Å²) in [6, 6.07) is 3.45. The number of halogens is 1. The smallest absolute Gasteiger partial charge is 0.278 e. The van der Waals surface area contributed by atoms with Gasteiger partial charge in [-0.2, -0.15) is 0 Å². The van der Waals surface area contributed by atoms with Gasteiger partial charge in [-0.05, 0) is 45.2 Å². The number of fused-ring (bicyclic) bond motifs is 1. The van der Waals surface area contributed by atoms with E-state index in [2.05, 4.69) is 11.8 Å². The summed E-state index contributed by atoms with van der Waals surface area (Å²) in [5, 5.41) is 11.1. The van der Waals surface area contributed by atoms with Crippen molar-refractivity contribution in [1.82, 2.24) is 9.36 Å². The third-order valence-electron chi connectivity index (χ3n) is 4.32. The van der Waals surface area contributed by atoms with Gasteiger partial charge >= 0.3 is 0 Å². The molecule has 5 nitrogen and oxygen atoms in total. The Morgan fingerprint density at radius 1 is 1.20 bits per heavy atom. The Morgan fingerprint density at radius 2 is 1.92 bits per heavy atom. The van der Waals surface area contributed by atoms with E-state index in [9.17, 15) is 9.90 Å². The lowest BCUT2D eigenvalue weighted by molar-refractivity contribution is 0.341. The highest BCUT2D eigenvalue weighted by molar-refractivity contribution is 6.34. The first-order chi connectivity index (χ1) is 12.1. The summed E-state index contributed by atoms with van der Waals surface area (Å²) in [5.74, 6) is 6.18. The molecule has 1 aromatic carbocycles. The third kappa shape index (κ3) is 3.14. The van der Waals surface area contributed by atoms with Crippen LogP contribution in [0.2, 0.25) is 5.02 Å². The first kappa shape index (κ1) is 17.5. The average molecular weight is 361 g/mol. The standard InChI is InChI=1S/C19H21ClN2O3/c1-3-8-13-11-14(20)16(15(12-13)25-4-2)17-18(23)21-9-6-5-7-10-22(21)19(17)24/h11-12,23H,4-7,9-10H2,1-2H3. The highest BCUT2D eigenvalue weighted by Crippen LogP contribution is 2.40. The lowest BCUT2D eigenvalue weighted by Gasteiger charge is -2.12. The molecule has 0 spiro atoms. The summed E-state index contributed by atoms with van der Waals surface area (Å²) in [7, 11) is 0. The Bertz CT molecular complexity index is 915. The summed E-state index contributed by atoms with van der Waals surface area (Å²) in [5.41, 5.74) is 1.10. The van der Waals surface area contributed by atoms with E-state index in [1.54, 1.807) is 28.4 Å². The second-order valence-electron chi connectivity index (χ2n) is 5.95. The lowest BCUT2D eigenvalue weighted by Crippen LogP contribution is -2.22. The minimum atomic E-state index is -0.239. The molecule has 1 aliphatic rings. The Morgan fingerprint density at radius 3 is 2.60 bits per heavy atom. The van der Waals surface area contributed by atoms with Crippen molar-refractivity contribution in [2.45, 2.75) is 46.2 Å². The highest BCUT2D eigenvalue weighted by Gasteiger charge is 2.26. The maximum absolute atomic E-state index is 12.9. The predicted molar refractivity (Wildman–Crippen MR) is 98.4 cm³/mol. The van der Waals surface area contributed by atoms with Gasteiger partial charge in [0.05, 0.1) is 17.2 Å². The fourth-order valence-electron chi connectivity index (χ4n) is 3.26. The van der Waals surface area contributed by atoms with Crippen LogP contribution in [-0.4, -0.2) is 21.1 Å². The summed E-state index contributed by atoms with van der Waals surface area (Å²) in [6.07, 6.45) is 2.89. The van der Waals surface area contributed by atoms with Crippen LogP contribution in [0.5, 0.6) is 11.6 Å². The topological polar surface area (TPSA) is 56.4 Å². The molecule has 0 atom stereocenters. The third-order valence-corrected chi connectivity index (χ3v) is 4.62. The van der Waals surface area contributed by atoms with Gasteiger partial charge in [-0.3, -0.25) is 9.48 Å². The number of benzene rings is 1. The number of hydrogen-bond donors (Lipinski definition) is 1. The molecule has 0 unspecified atom stereocenters. The largest absolute Gasteiger partial charge is 0.493 e. The minimum absolute atomic E-state index is 0.0518. The molecule has 25 heavy (non-hydrogen) atoms. The normalized spacial score (nSPS) is 13.6. The maximum atomic E-state index is 12.9. The van der Waals surface area contributed by atoms with Crippen LogP contribution in [0.3, 0.4) is 0 Å². The maximum Gasteiger partial charge on any atom is 0.278 e. The molecule has 0 aliphatic carbocycles. The van der Waals surface area contributed by atoms with E-state index >= 15 is 0 Å². The van der Waals surface area contributed by atoms with Crippen molar-refractivity contribution in [3.63, 3.8) is 0 Å². The molecule has 0 saturated carbocycles. The van der Waals surface area contributed by atoms with Gasteiger partial charge in [-0.25, -0.2) is 4.68 Å². The van der Waals surface area contributed by atoms with E-state index in [-0.39, 0.29) is 17.0 Å². The number of ether oxygens (including phenoxy) is 1. The van der Waals surface area contributed by atoms with Crippen molar-refractivity contribution in [2.24, 2.45) is 0 Å². The molecule has 0 fully saturated rings. The Balaban J connectivity index is 2.26. The van der Waals surface area contributed by atoms with Crippen molar-refractivity contribution < 1.29 is 9.84 Å². The van der Waals surface area contributed by atoms with Crippen LogP contribution in [0, 0.1) is 11.8 Å². The van der Waals surface area contributed by atoms with Crippen LogP contribution < -0.4 is 10.3 Å². The summed E-state index contributed by atoms with van der Waals surface area (Å²) < 4.78 is 8.96. The van der Waals surface area contributed by atoms with Gasteiger partial charge in [0.15, 0.2) is 0 Å². The number of aromatic hydroxyl groups is 1. The molecule has 3 rings (SSSR count). The molecule has 0 amide bonds. The molecule has 6 heteroatoms. The zero-order valence-corrected chi connectivity index (χ0v) is 15.2. The molecule has 1 aromatic heterocycles. The molecule has 2 aromatic rings. The SMILES string of the molecule is CC#Cc1cc(Cl)c(-c2c(O)n3n(c2=O)CCCCC3)c(OCC)c1. The summed E-state index contributed by atoms with van der Waals surface area (Å²) in [4.78, 5) is 12.9. The van der Waals surface area contributed by atoms with Gasteiger partial charge in [-0.1, -0.05) is 17.5 Å². The van der Waals surface area contributed by atoms with E-state index < -0.39 is 0 Å². The molecule has 132 valence electrons. The van der Waals surface area contributed by atoms with Crippen molar-refractivity contribution in [3.8, 4) is 34.6 Å². The Labute approximate surface area is 151 Å². The Hall–Kier alpha value is -2.32. The van der Waals surface area contributed by atoms with E-state index in [0.717, 1.165) is 19.3 Å². The molecular formula is C19H21ClN2O3. The number of nitrogens with zero attached hydrogens (tertiary/aromatic N) is 2. The van der Waals surface area contributed by atoms with Gasteiger partial charge in [0.1, 0.15) is 11.3 Å². The van der Waals surface area contributed by atoms with Gasteiger partial charge in [0, 0.05) is 18.7 Å². The fraction of sp³-hybridized carbons (Fsp3) is 0.421. The monoisotopic (exact) mass is 360 g/mol. The van der Waals surface area contributed by atoms with Gasteiger partial charge < -0.3 is 9.84 Å². The van der Waals surface area contributed by atoms with Crippen molar-refractivity contribution in [3.05, 3.63) is 33.1 Å². The second kappa shape index (κ2) is 7.28. The van der Waals surface area contributed by atoms with Crippen LogP contribution in [0.4, 0.5) is 0 Å². The van der Waals surface area contributed by atoms with E-state index in [1.807, 2.05) is 6.92 Å². The molecule has 0 bridgehead atoms. The molecule has 1 aliphatic heterocycles. The lowest BCUT2D eigenvalue weighted by atomic mass is 10.0. The van der Waals surface area contributed by atoms with Crippen LogP contribution in [0.25, 0.3) is 11.1 Å². The van der Waals surface area contributed by atoms with Gasteiger partial charge in [0.25, 0.3) is 5.56 Å². The molecule has 2 heterocycles. The van der Waals surface area contributed by atoms with Crippen molar-refractivity contribution in [1.29, 1.82) is 0 Å². The highest BCUT2D eigenvalue weighted by atomic mass is 35.5. The van der Waals surface area contributed by atoms with E-state index in [1.165, 1.54) is 0 Å². The average Bonchev–Trinajstić information content (AvgIpc) is 2.75. The van der Waals surface area contributed by atoms with Crippen LogP contribution in [0.15, 0.2) is 16.9 Å². The molecular weight excluding hydrogens is 340 g/mol. The van der Waals surface area contributed by atoms with Crippen LogP contribution in [-0.2, 0) is 13.1 Å². The van der Waals surface area contributed by atoms with Crippen molar-refractivity contribution in [2.75, 3.05) is 6.61 Å². The molecule has 0 saturated heterocycles. The first-order valence-electron chi connectivity index (χ1n) is 8.50. The summed E-state index contributed by atoms with van der Waals surface area (Å²) >= 11 is 6.46. The van der Waals surface area contributed by atoms with Gasteiger partial charge in [0.2, 0.25) is 5.88 Å².